The van der Waals surface area contributed by atoms with Gasteiger partial charge in [0.05, 0.1) is 6.61 Å². The van der Waals surface area contributed by atoms with Crippen LogP contribution in [0.3, 0.4) is 0 Å². The van der Waals surface area contributed by atoms with Crippen LogP contribution >= 0.6 is 0 Å². The Morgan fingerprint density at radius 2 is 1.72 bits per heavy atom. The van der Waals surface area contributed by atoms with Gasteiger partial charge < -0.3 is 4.74 Å². The lowest BCUT2D eigenvalue weighted by atomic mass is 10.1. The summed E-state index contributed by atoms with van der Waals surface area (Å²) >= 11 is 0. The molecule has 0 amide bonds. The third kappa shape index (κ3) is 10.5. The van der Waals surface area contributed by atoms with Crippen LogP contribution in [0.4, 0.5) is 0 Å². The Morgan fingerprint density at radius 1 is 1.17 bits per heavy atom. The fourth-order valence-corrected chi connectivity index (χ4v) is 1.84. The molecule has 6 nitrogen and oxygen atoms in total. The molecule has 0 aromatic carbocycles. The van der Waals surface area contributed by atoms with E-state index in [-0.39, 0.29) is 6.61 Å². The van der Waals surface area contributed by atoms with E-state index in [1.807, 2.05) is 0 Å². The van der Waals surface area contributed by atoms with Crippen molar-refractivity contribution in [2.45, 2.75) is 58.5 Å². The third-order valence-electron chi connectivity index (χ3n) is 2.34. The largest absolute Gasteiger partial charge is 0.464 e. The zero-order valence-electron chi connectivity index (χ0n) is 10.9. The van der Waals surface area contributed by atoms with E-state index < -0.39 is 22.5 Å². The van der Waals surface area contributed by atoms with Gasteiger partial charge in [-0.05, 0) is 13.3 Å². The van der Waals surface area contributed by atoms with Gasteiger partial charge in [0, 0.05) is 0 Å². The number of hydrogen-bond donors (Lipinski definition) is 1. The van der Waals surface area contributed by atoms with Crippen LogP contribution in [0, 0.1) is 0 Å². The van der Waals surface area contributed by atoms with Gasteiger partial charge >= 0.3 is 16.4 Å². The second kappa shape index (κ2) is 9.29. The Kier molecular flexibility index (Phi) is 8.95. The first-order valence-electron chi connectivity index (χ1n) is 6.19. The highest BCUT2D eigenvalue weighted by Gasteiger charge is 2.21. The van der Waals surface area contributed by atoms with E-state index in [9.17, 15) is 13.2 Å². The fourth-order valence-electron chi connectivity index (χ4n) is 1.39. The molecule has 0 saturated heterocycles. The van der Waals surface area contributed by atoms with E-state index in [4.69, 9.17) is 9.29 Å². The minimum absolute atomic E-state index is 0.240. The fraction of sp³-hybridized carbons (Fsp3) is 0.909. The van der Waals surface area contributed by atoms with Gasteiger partial charge in [-0.2, -0.15) is 8.42 Å². The first-order chi connectivity index (χ1) is 8.37. The topological polar surface area (TPSA) is 89.9 Å². The van der Waals surface area contributed by atoms with Crippen molar-refractivity contribution < 1.29 is 26.7 Å². The van der Waals surface area contributed by atoms with Gasteiger partial charge in [-0.3, -0.25) is 4.55 Å². The minimum Gasteiger partial charge on any atom is -0.464 e. The second-order valence-corrected chi connectivity index (χ2v) is 5.15. The van der Waals surface area contributed by atoms with Gasteiger partial charge in [0.15, 0.2) is 6.10 Å². The van der Waals surface area contributed by atoms with Crippen molar-refractivity contribution in [2.75, 3.05) is 6.61 Å². The van der Waals surface area contributed by atoms with Gasteiger partial charge in [0.25, 0.3) is 0 Å². The van der Waals surface area contributed by atoms with Crippen LogP contribution in [0.5, 0.6) is 0 Å². The lowest BCUT2D eigenvalue weighted by Gasteiger charge is -2.09. The van der Waals surface area contributed by atoms with Crippen LogP contribution in [-0.4, -0.2) is 31.7 Å². The molecule has 0 aliphatic carbocycles. The van der Waals surface area contributed by atoms with Crippen molar-refractivity contribution in [3.8, 4) is 0 Å². The molecular weight excluding hydrogens is 260 g/mol. The van der Waals surface area contributed by atoms with E-state index >= 15 is 0 Å². The molecule has 0 heterocycles. The molecule has 1 N–H and O–H groups in total. The SMILES string of the molecule is CCCCCCCCOC(=O)[C@H](C)OS(=O)(=O)O. The molecule has 0 aromatic rings. The Hall–Kier alpha value is -0.660. The van der Waals surface area contributed by atoms with Crippen LogP contribution in [0.25, 0.3) is 0 Å². The van der Waals surface area contributed by atoms with Gasteiger partial charge in [-0.1, -0.05) is 39.0 Å². The van der Waals surface area contributed by atoms with Crippen LogP contribution in [-0.2, 0) is 24.1 Å². The molecule has 0 fully saturated rings. The molecule has 0 spiro atoms. The highest BCUT2D eigenvalue weighted by molar-refractivity contribution is 7.80. The molecule has 1 atom stereocenters. The molecule has 0 unspecified atom stereocenters. The van der Waals surface area contributed by atoms with Crippen LogP contribution < -0.4 is 0 Å². The van der Waals surface area contributed by atoms with E-state index in [0.29, 0.717) is 0 Å². The number of ether oxygens (including phenoxy) is 1. The summed E-state index contributed by atoms with van der Waals surface area (Å²) in [7, 11) is -4.61. The van der Waals surface area contributed by atoms with E-state index in [1.165, 1.54) is 26.2 Å². The molecule has 0 aliphatic heterocycles. The summed E-state index contributed by atoms with van der Waals surface area (Å²) in [4.78, 5) is 11.2. The van der Waals surface area contributed by atoms with Crippen molar-refractivity contribution in [3.05, 3.63) is 0 Å². The summed E-state index contributed by atoms with van der Waals surface area (Å²) in [6.45, 7) is 3.58. The Labute approximate surface area is 109 Å². The number of carbonyl (C=O) groups is 1. The van der Waals surface area contributed by atoms with Gasteiger partial charge in [0.2, 0.25) is 0 Å². The number of esters is 1. The molecule has 0 rings (SSSR count). The van der Waals surface area contributed by atoms with Crippen LogP contribution in [0.1, 0.15) is 52.4 Å². The summed E-state index contributed by atoms with van der Waals surface area (Å²) in [5.74, 6) is -0.791. The Bertz CT molecular complexity index is 324. The summed E-state index contributed by atoms with van der Waals surface area (Å²) in [6, 6.07) is 0. The molecule has 108 valence electrons. The van der Waals surface area contributed by atoms with Gasteiger partial charge in [-0.25, -0.2) is 8.98 Å². The minimum atomic E-state index is -4.61. The highest BCUT2D eigenvalue weighted by Crippen LogP contribution is 2.06. The van der Waals surface area contributed by atoms with Crippen molar-refractivity contribution in [2.24, 2.45) is 0 Å². The Morgan fingerprint density at radius 3 is 2.28 bits per heavy atom. The van der Waals surface area contributed by atoms with Crippen molar-refractivity contribution >= 4 is 16.4 Å². The molecule has 0 bridgehead atoms. The first-order valence-corrected chi connectivity index (χ1v) is 7.55. The highest BCUT2D eigenvalue weighted by atomic mass is 32.3. The normalized spacial score (nSPS) is 13.3. The van der Waals surface area contributed by atoms with Crippen LogP contribution in [0.2, 0.25) is 0 Å². The van der Waals surface area contributed by atoms with Gasteiger partial charge in [0.1, 0.15) is 0 Å². The average Bonchev–Trinajstić information content (AvgIpc) is 2.25. The quantitative estimate of drug-likeness (QED) is 0.375. The third-order valence-corrected chi connectivity index (χ3v) is 2.87. The smallest absolute Gasteiger partial charge is 0.398 e. The summed E-state index contributed by atoms with van der Waals surface area (Å²) in [5.41, 5.74) is 0. The van der Waals surface area contributed by atoms with Crippen LogP contribution in [0.15, 0.2) is 0 Å². The molecule has 7 heteroatoms. The van der Waals surface area contributed by atoms with E-state index in [2.05, 4.69) is 11.1 Å². The predicted octanol–water partition coefficient (Wildman–Crippen LogP) is 2.10. The molecule has 18 heavy (non-hydrogen) atoms. The maximum atomic E-state index is 11.2. The Balaban J connectivity index is 3.58. The maximum absolute atomic E-state index is 11.2. The average molecular weight is 282 g/mol. The molecule has 0 radical (unpaired) electrons. The lowest BCUT2D eigenvalue weighted by molar-refractivity contribution is -0.151. The first kappa shape index (κ1) is 17.3. The maximum Gasteiger partial charge on any atom is 0.398 e. The molecule has 0 aromatic heterocycles. The summed E-state index contributed by atoms with van der Waals surface area (Å²) in [5, 5.41) is 0. The predicted molar refractivity (Wildman–Crippen MR) is 66.4 cm³/mol. The van der Waals surface area contributed by atoms with Gasteiger partial charge in [-0.15, -0.1) is 0 Å². The van der Waals surface area contributed by atoms with Crippen molar-refractivity contribution in [3.63, 3.8) is 0 Å². The molecule has 0 saturated carbocycles. The summed E-state index contributed by atoms with van der Waals surface area (Å²) in [6.07, 6.45) is 5.06. The van der Waals surface area contributed by atoms with Crippen molar-refractivity contribution in [1.29, 1.82) is 0 Å². The summed E-state index contributed by atoms with van der Waals surface area (Å²) < 4.78 is 37.9. The standard InChI is InChI=1S/C11H22O6S/c1-3-4-5-6-7-8-9-16-11(12)10(2)17-18(13,14)15/h10H,3-9H2,1-2H3,(H,13,14,15)/t10-/m0/s1. The number of rotatable bonds is 10. The van der Waals surface area contributed by atoms with E-state index in [0.717, 1.165) is 19.3 Å². The number of carbonyl (C=O) groups excluding carboxylic acids is 1. The lowest BCUT2D eigenvalue weighted by Crippen LogP contribution is -2.26. The zero-order chi connectivity index (χ0) is 14.0. The second-order valence-electron chi connectivity index (χ2n) is 4.10. The number of unbranched alkanes of at least 4 members (excludes halogenated alkanes) is 5. The van der Waals surface area contributed by atoms with E-state index in [1.54, 1.807) is 0 Å². The number of hydrogen-bond acceptors (Lipinski definition) is 5. The zero-order valence-corrected chi connectivity index (χ0v) is 11.7. The molecule has 0 aliphatic rings. The van der Waals surface area contributed by atoms with Crippen molar-refractivity contribution in [1.82, 2.24) is 0 Å². The molecular formula is C11H22O6S. The monoisotopic (exact) mass is 282 g/mol.